The molecule has 0 saturated carbocycles. The first-order chi connectivity index (χ1) is 7.28. The fourth-order valence-electron chi connectivity index (χ4n) is 1.08. The summed E-state index contributed by atoms with van der Waals surface area (Å²) in [5, 5.41) is 8.89. The number of benzene rings is 1. The molecule has 0 radical (unpaired) electrons. The monoisotopic (exact) mass is 258 g/mol. The predicted octanol–water partition coefficient (Wildman–Crippen LogP) is 1.92. The van der Waals surface area contributed by atoms with Crippen LogP contribution in [-0.2, 0) is 10.0 Å². The van der Waals surface area contributed by atoms with Gasteiger partial charge in [0.25, 0.3) is 0 Å². The number of nitrogens with zero attached hydrogens (tertiary/aromatic N) is 1. The molecule has 0 bridgehead atoms. The van der Waals surface area contributed by atoms with Gasteiger partial charge in [-0.1, -0.05) is 23.7 Å². The summed E-state index contributed by atoms with van der Waals surface area (Å²) in [5.41, 5.74) is -1.17. The fourth-order valence-corrected chi connectivity index (χ4v) is 2.93. The van der Waals surface area contributed by atoms with Crippen LogP contribution in [0.15, 0.2) is 29.2 Å². The van der Waals surface area contributed by atoms with Gasteiger partial charge in [-0.3, -0.25) is 0 Å². The number of sulfonamides is 1. The van der Waals surface area contributed by atoms with Crippen molar-refractivity contribution in [1.82, 2.24) is 4.72 Å². The van der Waals surface area contributed by atoms with Crippen molar-refractivity contribution in [1.29, 1.82) is 5.26 Å². The van der Waals surface area contributed by atoms with Gasteiger partial charge in [0.2, 0.25) is 10.0 Å². The average Bonchev–Trinajstić information content (AvgIpc) is 2.16. The van der Waals surface area contributed by atoms with Crippen molar-refractivity contribution in [3.63, 3.8) is 0 Å². The molecule has 0 aliphatic rings. The molecule has 0 saturated heterocycles. The van der Waals surface area contributed by atoms with Crippen molar-refractivity contribution >= 4 is 21.6 Å². The van der Waals surface area contributed by atoms with Crippen LogP contribution in [0.4, 0.5) is 0 Å². The Bertz CT molecular complexity index is 532. The standard InChI is InChI=1S/C10H11ClN2O2S/c1-10(2,7-12)13-16(14,15)9-6-4-3-5-8(9)11/h3-6,13H,1-2H3. The molecule has 0 aliphatic carbocycles. The first-order valence-electron chi connectivity index (χ1n) is 4.48. The molecule has 16 heavy (non-hydrogen) atoms. The van der Waals surface area contributed by atoms with Crippen molar-refractivity contribution in [3.05, 3.63) is 29.3 Å². The minimum absolute atomic E-state index is 0.0278. The van der Waals surface area contributed by atoms with Gasteiger partial charge < -0.3 is 0 Å². The molecule has 0 spiro atoms. The smallest absolute Gasteiger partial charge is 0.207 e. The molecule has 4 nitrogen and oxygen atoms in total. The summed E-state index contributed by atoms with van der Waals surface area (Å²) >= 11 is 5.78. The largest absolute Gasteiger partial charge is 0.243 e. The van der Waals surface area contributed by atoms with Crippen LogP contribution < -0.4 is 4.72 Å². The van der Waals surface area contributed by atoms with Gasteiger partial charge in [-0.2, -0.15) is 9.98 Å². The third-order valence-electron chi connectivity index (χ3n) is 1.80. The quantitative estimate of drug-likeness (QED) is 0.900. The molecule has 0 aliphatic heterocycles. The average molecular weight is 259 g/mol. The molecule has 1 N–H and O–H groups in total. The topological polar surface area (TPSA) is 70.0 Å². The predicted molar refractivity (Wildman–Crippen MR) is 61.5 cm³/mol. The first-order valence-corrected chi connectivity index (χ1v) is 6.34. The van der Waals surface area contributed by atoms with Gasteiger partial charge in [0, 0.05) is 0 Å². The lowest BCUT2D eigenvalue weighted by Crippen LogP contribution is -2.42. The summed E-state index contributed by atoms with van der Waals surface area (Å²) in [6.07, 6.45) is 0. The second-order valence-electron chi connectivity index (χ2n) is 3.77. The molecule has 0 amide bonds. The second-order valence-corrected chi connectivity index (χ2v) is 5.83. The number of rotatable bonds is 3. The normalized spacial score (nSPS) is 12.1. The van der Waals surface area contributed by atoms with E-state index in [1.54, 1.807) is 12.1 Å². The van der Waals surface area contributed by atoms with Gasteiger partial charge in [-0.05, 0) is 26.0 Å². The lowest BCUT2D eigenvalue weighted by atomic mass is 10.1. The Balaban J connectivity index is 3.16. The van der Waals surface area contributed by atoms with Crippen LogP contribution in [0.25, 0.3) is 0 Å². The maximum atomic E-state index is 11.9. The van der Waals surface area contributed by atoms with Crippen molar-refractivity contribution in [2.75, 3.05) is 0 Å². The van der Waals surface area contributed by atoms with Crippen molar-refractivity contribution < 1.29 is 8.42 Å². The highest BCUT2D eigenvalue weighted by Crippen LogP contribution is 2.21. The molecule has 86 valence electrons. The van der Waals surface area contributed by atoms with Gasteiger partial charge in [-0.25, -0.2) is 8.42 Å². The van der Waals surface area contributed by atoms with Gasteiger partial charge in [0.15, 0.2) is 0 Å². The van der Waals surface area contributed by atoms with Gasteiger partial charge in [0.1, 0.15) is 10.4 Å². The molecule has 0 atom stereocenters. The second kappa shape index (κ2) is 4.42. The zero-order valence-corrected chi connectivity index (χ0v) is 10.4. The number of nitriles is 1. The zero-order chi connectivity index (χ0) is 12.4. The van der Waals surface area contributed by atoms with Crippen LogP contribution in [0.3, 0.4) is 0 Å². The van der Waals surface area contributed by atoms with E-state index in [-0.39, 0.29) is 9.92 Å². The van der Waals surface area contributed by atoms with E-state index in [0.29, 0.717) is 0 Å². The fraction of sp³-hybridized carbons (Fsp3) is 0.300. The highest BCUT2D eigenvalue weighted by Gasteiger charge is 2.27. The van der Waals surface area contributed by atoms with E-state index in [1.165, 1.54) is 26.0 Å². The van der Waals surface area contributed by atoms with Crippen LogP contribution in [0.2, 0.25) is 5.02 Å². The van der Waals surface area contributed by atoms with Crippen molar-refractivity contribution in [2.45, 2.75) is 24.3 Å². The Morgan fingerprint density at radius 3 is 2.44 bits per heavy atom. The third-order valence-corrected chi connectivity index (χ3v) is 3.95. The Kier molecular flexibility index (Phi) is 3.58. The van der Waals surface area contributed by atoms with Crippen LogP contribution in [0.5, 0.6) is 0 Å². The zero-order valence-electron chi connectivity index (χ0n) is 8.86. The van der Waals surface area contributed by atoms with E-state index >= 15 is 0 Å². The van der Waals surface area contributed by atoms with Gasteiger partial charge >= 0.3 is 0 Å². The lowest BCUT2D eigenvalue weighted by molar-refractivity contribution is 0.536. The van der Waals surface area contributed by atoms with Crippen molar-refractivity contribution in [3.8, 4) is 6.07 Å². The van der Waals surface area contributed by atoms with E-state index in [4.69, 9.17) is 16.9 Å². The summed E-state index contributed by atoms with van der Waals surface area (Å²) < 4.78 is 26.0. The summed E-state index contributed by atoms with van der Waals surface area (Å²) in [6, 6.07) is 7.93. The number of hydrogen-bond donors (Lipinski definition) is 1. The van der Waals surface area contributed by atoms with E-state index in [2.05, 4.69) is 4.72 Å². The molecule has 6 heteroatoms. The van der Waals surface area contributed by atoms with Crippen LogP contribution in [0.1, 0.15) is 13.8 Å². The molecular weight excluding hydrogens is 248 g/mol. The maximum Gasteiger partial charge on any atom is 0.243 e. The molecule has 0 unspecified atom stereocenters. The Labute approximate surface area is 99.9 Å². The summed E-state index contributed by atoms with van der Waals surface area (Å²) in [5.74, 6) is 0. The third kappa shape index (κ3) is 2.95. The minimum atomic E-state index is -3.77. The van der Waals surface area contributed by atoms with Crippen molar-refractivity contribution in [2.24, 2.45) is 0 Å². The molecule has 0 fully saturated rings. The highest BCUT2D eigenvalue weighted by atomic mass is 35.5. The Hall–Kier alpha value is -1.09. The van der Waals surface area contributed by atoms with Crippen LogP contribution in [-0.4, -0.2) is 14.0 Å². The minimum Gasteiger partial charge on any atom is -0.207 e. The molecule has 0 heterocycles. The van der Waals surface area contributed by atoms with Crippen LogP contribution >= 0.6 is 11.6 Å². The molecule has 1 aromatic rings. The van der Waals surface area contributed by atoms with E-state index in [1.807, 2.05) is 6.07 Å². The van der Waals surface area contributed by atoms with Gasteiger partial charge in [0.05, 0.1) is 11.1 Å². The highest BCUT2D eigenvalue weighted by molar-refractivity contribution is 7.89. The number of hydrogen-bond acceptors (Lipinski definition) is 3. The number of halogens is 1. The maximum absolute atomic E-state index is 11.9. The molecule has 0 aromatic heterocycles. The summed E-state index contributed by atoms with van der Waals surface area (Å²) in [7, 11) is -3.77. The van der Waals surface area contributed by atoms with E-state index < -0.39 is 15.6 Å². The van der Waals surface area contributed by atoms with E-state index in [9.17, 15) is 8.42 Å². The summed E-state index contributed by atoms with van der Waals surface area (Å²) in [6.45, 7) is 2.95. The molecule has 1 aromatic carbocycles. The van der Waals surface area contributed by atoms with Gasteiger partial charge in [-0.15, -0.1) is 0 Å². The SMILES string of the molecule is CC(C)(C#N)NS(=O)(=O)c1ccccc1Cl. The first kappa shape index (κ1) is 13.0. The molecular formula is C10H11ClN2O2S. The number of nitrogens with one attached hydrogen (secondary N) is 1. The van der Waals surface area contributed by atoms with Crippen LogP contribution in [0, 0.1) is 11.3 Å². The molecule has 1 rings (SSSR count). The Morgan fingerprint density at radius 1 is 1.38 bits per heavy atom. The van der Waals surface area contributed by atoms with E-state index in [0.717, 1.165) is 0 Å². The lowest BCUT2D eigenvalue weighted by Gasteiger charge is -2.17. The Morgan fingerprint density at radius 2 is 1.94 bits per heavy atom. The summed E-state index contributed by atoms with van der Waals surface area (Å²) in [4.78, 5) is -0.0278.